The Balaban J connectivity index is 2.34. The van der Waals surface area contributed by atoms with E-state index < -0.39 is 5.97 Å². The van der Waals surface area contributed by atoms with Crippen LogP contribution in [0.2, 0.25) is 0 Å². The number of carbonyl (C=O) groups is 1. The average molecular weight is 247 g/mol. The van der Waals surface area contributed by atoms with Gasteiger partial charge in [0.25, 0.3) is 0 Å². The van der Waals surface area contributed by atoms with Crippen molar-refractivity contribution in [2.45, 2.75) is 33.1 Å². The van der Waals surface area contributed by atoms with Crippen LogP contribution in [0.15, 0.2) is 18.2 Å². The standard InChI is InChI=1S/C15H21NO2/c1-11-5-4-9-16(10-8-11)14-12(2)6-3-7-13(14)15(17)18/h3,6-7,11H,4-5,8-10H2,1-2H3,(H,17,18). The van der Waals surface area contributed by atoms with Crippen LogP contribution >= 0.6 is 0 Å². The van der Waals surface area contributed by atoms with Crippen molar-refractivity contribution in [3.8, 4) is 0 Å². The SMILES string of the molecule is Cc1cccc(C(=O)O)c1N1CCCC(C)CC1. The Morgan fingerprint density at radius 3 is 2.83 bits per heavy atom. The van der Waals surface area contributed by atoms with Crippen LogP contribution in [0.25, 0.3) is 0 Å². The highest BCUT2D eigenvalue weighted by molar-refractivity contribution is 5.95. The Morgan fingerprint density at radius 2 is 2.11 bits per heavy atom. The van der Waals surface area contributed by atoms with E-state index in [0.29, 0.717) is 5.56 Å². The molecule has 0 bridgehead atoms. The Morgan fingerprint density at radius 1 is 1.33 bits per heavy atom. The first kappa shape index (κ1) is 12.9. The van der Waals surface area contributed by atoms with Crippen molar-refractivity contribution in [1.82, 2.24) is 0 Å². The third-order valence-electron chi connectivity index (χ3n) is 3.80. The highest BCUT2D eigenvalue weighted by Crippen LogP contribution is 2.28. The van der Waals surface area contributed by atoms with Crippen LogP contribution in [0.4, 0.5) is 5.69 Å². The van der Waals surface area contributed by atoms with Crippen molar-refractivity contribution >= 4 is 11.7 Å². The number of aryl methyl sites for hydroxylation is 1. The molecule has 1 heterocycles. The molecule has 1 N–H and O–H groups in total. The molecule has 1 unspecified atom stereocenters. The molecule has 0 radical (unpaired) electrons. The minimum Gasteiger partial charge on any atom is -0.478 e. The molecule has 0 saturated carbocycles. The summed E-state index contributed by atoms with van der Waals surface area (Å²) in [5.74, 6) is -0.0849. The van der Waals surface area contributed by atoms with Crippen LogP contribution in [-0.2, 0) is 0 Å². The number of aromatic carboxylic acids is 1. The first-order chi connectivity index (χ1) is 8.59. The summed E-state index contributed by atoms with van der Waals surface area (Å²) in [6, 6.07) is 5.53. The van der Waals surface area contributed by atoms with Crippen molar-refractivity contribution in [2.24, 2.45) is 5.92 Å². The molecule has 1 aliphatic heterocycles. The van der Waals surface area contributed by atoms with E-state index in [4.69, 9.17) is 0 Å². The summed E-state index contributed by atoms with van der Waals surface area (Å²) in [6.45, 7) is 6.21. The van der Waals surface area contributed by atoms with Crippen molar-refractivity contribution in [1.29, 1.82) is 0 Å². The summed E-state index contributed by atoms with van der Waals surface area (Å²) in [5.41, 5.74) is 2.41. The minimum absolute atomic E-state index is 0.435. The van der Waals surface area contributed by atoms with Gasteiger partial charge in [-0.15, -0.1) is 0 Å². The second-order valence-electron chi connectivity index (χ2n) is 5.30. The van der Waals surface area contributed by atoms with Crippen molar-refractivity contribution in [3.63, 3.8) is 0 Å². The Kier molecular flexibility index (Phi) is 3.90. The van der Waals surface area contributed by atoms with Gasteiger partial charge in [0.15, 0.2) is 0 Å². The summed E-state index contributed by atoms with van der Waals surface area (Å²) >= 11 is 0. The van der Waals surface area contributed by atoms with Gasteiger partial charge in [-0.1, -0.05) is 19.1 Å². The Labute approximate surface area is 108 Å². The zero-order chi connectivity index (χ0) is 13.1. The van der Waals surface area contributed by atoms with Gasteiger partial charge in [0.05, 0.1) is 11.3 Å². The second-order valence-corrected chi connectivity index (χ2v) is 5.30. The van der Waals surface area contributed by atoms with Gasteiger partial charge in [-0.25, -0.2) is 4.79 Å². The minimum atomic E-state index is -0.828. The summed E-state index contributed by atoms with van der Waals surface area (Å²) < 4.78 is 0. The van der Waals surface area contributed by atoms with E-state index in [1.807, 2.05) is 19.1 Å². The monoisotopic (exact) mass is 247 g/mol. The molecule has 0 spiro atoms. The van der Waals surface area contributed by atoms with Gasteiger partial charge in [-0.3, -0.25) is 0 Å². The summed E-state index contributed by atoms with van der Waals surface area (Å²) in [7, 11) is 0. The third kappa shape index (κ3) is 2.66. The predicted octanol–water partition coefficient (Wildman–Crippen LogP) is 3.32. The van der Waals surface area contributed by atoms with E-state index in [0.717, 1.165) is 43.1 Å². The van der Waals surface area contributed by atoms with Crippen molar-refractivity contribution in [2.75, 3.05) is 18.0 Å². The number of para-hydroxylation sites is 1. The first-order valence-electron chi connectivity index (χ1n) is 6.67. The smallest absolute Gasteiger partial charge is 0.337 e. The summed E-state index contributed by atoms with van der Waals surface area (Å²) in [5, 5.41) is 9.32. The van der Waals surface area contributed by atoms with Gasteiger partial charge >= 0.3 is 5.97 Å². The van der Waals surface area contributed by atoms with Crippen LogP contribution in [0.3, 0.4) is 0 Å². The maximum atomic E-state index is 11.3. The molecule has 2 rings (SSSR count). The number of rotatable bonds is 2. The molecule has 1 fully saturated rings. The van der Waals surface area contributed by atoms with Crippen LogP contribution in [0, 0.1) is 12.8 Å². The van der Waals surface area contributed by atoms with Crippen molar-refractivity contribution < 1.29 is 9.90 Å². The van der Waals surface area contributed by atoms with E-state index in [2.05, 4.69) is 11.8 Å². The molecule has 3 heteroatoms. The predicted molar refractivity (Wildman–Crippen MR) is 73.4 cm³/mol. The lowest BCUT2D eigenvalue weighted by molar-refractivity contribution is 0.0697. The second kappa shape index (κ2) is 5.42. The average Bonchev–Trinajstić information content (AvgIpc) is 2.53. The molecule has 98 valence electrons. The van der Waals surface area contributed by atoms with Gasteiger partial charge in [0, 0.05) is 13.1 Å². The molecule has 18 heavy (non-hydrogen) atoms. The van der Waals surface area contributed by atoms with E-state index in [9.17, 15) is 9.90 Å². The van der Waals surface area contributed by atoms with E-state index >= 15 is 0 Å². The maximum absolute atomic E-state index is 11.3. The molecule has 1 saturated heterocycles. The molecule has 1 aliphatic rings. The molecule has 1 aromatic carbocycles. The number of hydrogen-bond acceptors (Lipinski definition) is 2. The van der Waals surface area contributed by atoms with Crippen LogP contribution in [0.1, 0.15) is 42.1 Å². The number of anilines is 1. The van der Waals surface area contributed by atoms with Gasteiger partial charge in [0.2, 0.25) is 0 Å². The maximum Gasteiger partial charge on any atom is 0.337 e. The van der Waals surface area contributed by atoms with Gasteiger partial charge < -0.3 is 10.0 Å². The van der Waals surface area contributed by atoms with Crippen LogP contribution in [0.5, 0.6) is 0 Å². The molecule has 0 amide bonds. The lowest BCUT2D eigenvalue weighted by Gasteiger charge is -2.26. The molecule has 1 aromatic rings. The number of nitrogens with zero attached hydrogens (tertiary/aromatic N) is 1. The molecule has 3 nitrogen and oxygen atoms in total. The van der Waals surface area contributed by atoms with E-state index in [1.54, 1.807) is 6.07 Å². The summed E-state index contributed by atoms with van der Waals surface area (Å²) in [4.78, 5) is 13.6. The topological polar surface area (TPSA) is 40.5 Å². The van der Waals surface area contributed by atoms with Gasteiger partial charge in [0.1, 0.15) is 0 Å². The Bertz CT molecular complexity index is 442. The normalized spacial score (nSPS) is 20.6. The first-order valence-corrected chi connectivity index (χ1v) is 6.67. The number of carboxylic acids is 1. The quantitative estimate of drug-likeness (QED) is 0.871. The molecular formula is C15H21NO2. The van der Waals surface area contributed by atoms with Crippen LogP contribution < -0.4 is 4.90 Å². The fourth-order valence-electron chi connectivity index (χ4n) is 2.74. The molecule has 0 aliphatic carbocycles. The number of benzene rings is 1. The third-order valence-corrected chi connectivity index (χ3v) is 3.80. The molecule has 1 atom stereocenters. The molecule has 0 aromatic heterocycles. The van der Waals surface area contributed by atoms with Gasteiger partial charge in [-0.2, -0.15) is 0 Å². The number of carboxylic acid groups (broad SMARTS) is 1. The number of hydrogen-bond donors (Lipinski definition) is 1. The van der Waals surface area contributed by atoms with Crippen molar-refractivity contribution in [3.05, 3.63) is 29.3 Å². The Hall–Kier alpha value is -1.51. The largest absolute Gasteiger partial charge is 0.478 e. The van der Waals surface area contributed by atoms with E-state index in [-0.39, 0.29) is 0 Å². The fraction of sp³-hybridized carbons (Fsp3) is 0.533. The highest BCUT2D eigenvalue weighted by Gasteiger charge is 2.20. The lowest BCUT2D eigenvalue weighted by Crippen LogP contribution is -2.27. The zero-order valence-electron chi connectivity index (χ0n) is 11.1. The zero-order valence-corrected chi connectivity index (χ0v) is 11.1. The van der Waals surface area contributed by atoms with E-state index in [1.165, 1.54) is 6.42 Å². The van der Waals surface area contributed by atoms with Gasteiger partial charge in [-0.05, 0) is 43.7 Å². The van der Waals surface area contributed by atoms with Crippen LogP contribution in [-0.4, -0.2) is 24.2 Å². The summed E-state index contributed by atoms with van der Waals surface area (Å²) in [6.07, 6.45) is 3.53. The lowest BCUT2D eigenvalue weighted by atomic mass is 10.0. The molecular weight excluding hydrogens is 226 g/mol. The highest BCUT2D eigenvalue weighted by atomic mass is 16.4. The fourth-order valence-corrected chi connectivity index (χ4v) is 2.74.